The molecule has 0 radical (unpaired) electrons. The van der Waals surface area contributed by atoms with Crippen molar-refractivity contribution in [3.63, 3.8) is 0 Å². The van der Waals surface area contributed by atoms with Crippen molar-refractivity contribution < 1.29 is 9.84 Å². The molecule has 20 heavy (non-hydrogen) atoms. The first-order valence-corrected chi connectivity index (χ1v) is 7.29. The molecule has 2 unspecified atom stereocenters. The van der Waals surface area contributed by atoms with Crippen LogP contribution in [0, 0.1) is 5.92 Å². The van der Waals surface area contributed by atoms with E-state index in [0.717, 1.165) is 30.7 Å². The van der Waals surface area contributed by atoms with Gasteiger partial charge in [-0.15, -0.1) is 0 Å². The highest BCUT2D eigenvalue weighted by Gasteiger charge is 2.31. The molecule has 1 aliphatic rings. The van der Waals surface area contributed by atoms with Crippen LogP contribution >= 0.6 is 0 Å². The van der Waals surface area contributed by atoms with Crippen molar-refractivity contribution in [1.82, 2.24) is 4.90 Å². The molecule has 0 amide bonds. The van der Waals surface area contributed by atoms with Gasteiger partial charge in [0.05, 0.1) is 19.3 Å². The summed E-state index contributed by atoms with van der Waals surface area (Å²) in [6, 6.07) is 8.20. The van der Waals surface area contributed by atoms with Crippen molar-refractivity contribution in [2.24, 2.45) is 11.7 Å². The zero-order valence-electron chi connectivity index (χ0n) is 12.6. The lowest BCUT2D eigenvalue weighted by Crippen LogP contribution is -2.43. The topological polar surface area (TPSA) is 58.7 Å². The molecule has 0 spiro atoms. The van der Waals surface area contributed by atoms with Crippen LogP contribution in [0.15, 0.2) is 24.3 Å². The number of nitrogens with zero attached hydrogens (tertiary/aromatic N) is 1. The monoisotopic (exact) mass is 278 g/mol. The van der Waals surface area contributed by atoms with Gasteiger partial charge < -0.3 is 15.6 Å². The standard InChI is InChI=1S/C16H26N2O2/c1-11(17)16(14-6-4-5-7-15(14)20-3)18(2)10-12-8-13(19)9-12/h4-7,11-13,16,19H,8-10,17H2,1-3H3. The number of likely N-dealkylation sites (N-methyl/N-ethyl adjacent to an activating group) is 1. The van der Waals surface area contributed by atoms with Crippen molar-refractivity contribution >= 4 is 0 Å². The van der Waals surface area contributed by atoms with Crippen LogP contribution in [-0.4, -0.2) is 42.9 Å². The molecule has 2 rings (SSSR count). The zero-order valence-corrected chi connectivity index (χ0v) is 12.6. The summed E-state index contributed by atoms with van der Waals surface area (Å²) in [7, 11) is 3.80. The third kappa shape index (κ3) is 3.32. The molecule has 0 aromatic heterocycles. The Morgan fingerprint density at radius 3 is 2.60 bits per heavy atom. The highest BCUT2D eigenvalue weighted by Crippen LogP contribution is 2.34. The van der Waals surface area contributed by atoms with Crippen molar-refractivity contribution in [2.45, 2.75) is 38.0 Å². The minimum atomic E-state index is -0.103. The number of nitrogens with two attached hydrogens (primary N) is 1. The number of benzene rings is 1. The van der Waals surface area contributed by atoms with E-state index in [9.17, 15) is 5.11 Å². The summed E-state index contributed by atoms with van der Waals surface area (Å²) in [5.41, 5.74) is 7.34. The Labute approximate surface area is 121 Å². The number of ether oxygens (including phenoxy) is 1. The van der Waals surface area contributed by atoms with Crippen LogP contribution in [0.2, 0.25) is 0 Å². The first kappa shape index (κ1) is 15.3. The third-order valence-electron chi connectivity index (χ3n) is 4.19. The van der Waals surface area contributed by atoms with Gasteiger partial charge in [0, 0.05) is 18.2 Å². The minimum Gasteiger partial charge on any atom is -0.496 e. The largest absolute Gasteiger partial charge is 0.496 e. The number of para-hydroxylation sites is 1. The Hall–Kier alpha value is -1.10. The number of aliphatic hydroxyl groups is 1. The lowest BCUT2D eigenvalue weighted by atomic mass is 9.81. The van der Waals surface area contributed by atoms with E-state index in [1.165, 1.54) is 0 Å². The number of hydrogen-bond acceptors (Lipinski definition) is 4. The summed E-state index contributed by atoms with van der Waals surface area (Å²) in [5, 5.41) is 9.42. The molecular weight excluding hydrogens is 252 g/mol. The summed E-state index contributed by atoms with van der Waals surface area (Å²) in [6.07, 6.45) is 1.71. The average molecular weight is 278 g/mol. The number of rotatable bonds is 6. The Morgan fingerprint density at radius 1 is 1.40 bits per heavy atom. The van der Waals surface area contributed by atoms with Crippen LogP contribution in [-0.2, 0) is 0 Å². The normalized spacial score (nSPS) is 25.1. The first-order chi connectivity index (χ1) is 9.52. The maximum absolute atomic E-state index is 9.42. The Kier molecular flexibility index (Phi) is 5.02. The fourth-order valence-electron chi connectivity index (χ4n) is 3.20. The molecule has 0 heterocycles. The molecule has 1 aliphatic carbocycles. The Bertz CT molecular complexity index is 430. The second-order valence-corrected chi connectivity index (χ2v) is 5.98. The molecule has 112 valence electrons. The van der Waals surface area contributed by atoms with Crippen LogP contribution < -0.4 is 10.5 Å². The molecule has 1 fully saturated rings. The van der Waals surface area contributed by atoms with E-state index < -0.39 is 0 Å². The molecule has 0 aliphatic heterocycles. The van der Waals surface area contributed by atoms with Gasteiger partial charge in [0.25, 0.3) is 0 Å². The molecule has 1 aromatic carbocycles. The molecule has 0 bridgehead atoms. The van der Waals surface area contributed by atoms with E-state index >= 15 is 0 Å². The first-order valence-electron chi connectivity index (χ1n) is 7.29. The lowest BCUT2D eigenvalue weighted by Gasteiger charge is -2.39. The van der Waals surface area contributed by atoms with E-state index in [1.807, 2.05) is 25.1 Å². The van der Waals surface area contributed by atoms with Crippen LogP contribution in [0.3, 0.4) is 0 Å². The highest BCUT2D eigenvalue weighted by atomic mass is 16.5. The quantitative estimate of drug-likeness (QED) is 0.833. The second-order valence-electron chi connectivity index (χ2n) is 5.98. The number of aliphatic hydroxyl groups excluding tert-OH is 1. The maximum atomic E-state index is 9.42. The van der Waals surface area contributed by atoms with Crippen LogP contribution in [0.4, 0.5) is 0 Å². The van der Waals surface area contributed by atoms with Crippen molar-refractivity contribution in [3.05, 3.63) is 29.8 Å². The van der Waals surface area contributed by atoms with Gasteiger partial charge in [0.1, 0.15) is 5.75 Å². The molecule has 1 saturated carbocycles. The Morgan fingerprint density at radius 2 is 2.05 bits per heavy atom. The molecule has 4 nitrogen and oxygen atoms in total. The predicted octanol–water partition coefficient (Wildman–Crippen LogP) is 1.79. The molecule has 0 saturated heterocycles. The third-order valence-corrected chi connectivity index (χ3v) is 4.19. The van der Waals surface area contributed by atoms with Gasteiger partial charge in [-0.2, -0.15) is 0 Å². The van der Waals surface area contributed by atoms with Gasteiger partial charge in [0.2, 0.25) is 0 Å². The van der Waals surface area contributed by atoms with Crippen LogP contribution in [0.25, 0.3) is 0 Å². The smallest absolute Gasteiger partial charge is 0.123 e. The highest BCUT2D eigenvalue weighted by molar-refractivity contribution is 5.36. The van der Waals surface area contributed by atoms with Crippen LogP contribution in [0.1, 0.15) is 31.4 Å². The van der Waals surface area contributed by atoms with E-state index in [4.69, 9.17) is 10.5 Å². The molecule has 3 N–H and O–H groups in total. The summed E-state index contributed by atoms with van der Waals surface area (Å²) in [4.78, 5) is 2.29. The second kappa shape index (κ2) is 6.57. The number of methoxy groups -OCH3 is 1. The lowest BCUT2D eigenvalue weighted by molar-refractivity contribution is 0.0201. The van der Waals surface area contributed by atoms with Crippen molar-refractivity contribution in [3.8, 4) is 5.75 Å². The van der Waals surface area contributed by atoms with Crippen LogP contribution in [0.5, 0.6) is 5.75 Å². The molecule has 4 heteroatoms. The van der Waals surface area contributed by atoms with E-state index in [0.29, 0.717) is 5.92 Å². The number of hydrogen-bond donors (Lipinski definition) is 2. The average Bonchev–Trinajstić information content (AvgIpc) is 2.37. The van der Waals surface area contributed by atoms with Crippen molar-refractivity contribution in [1.29, 1.82) is 0 Å². The molecular formula is C16H26N2O2. The summed E-state index contributed by atoms with van der Waals surface area (Å²) in [5.74, 6) is 1.46. The van der Waals surface area contributed by atoms with Gasteiger partial charge in [-0.25, -0.2) is 0 Å². The maximum Gasteiger partial charge on any atom is 0.123 e. The fourth-order valence-corrected chi connectivity index (χ4v) is 3.20. The summed E-state index contributed by atoms with van der Waals surface area (Å²) >= 11 is 0. The van der Waals surface area contributed by atoms with E-state index in [-0.39, 0.29) is 18.2 Å². The molecule has 2 atom stereocenters. The fraction of sp³-hybridized carbons (Fsp3) is 0.625. The van der Waals surface area contributed by atoms with Gasteiger partial charge in [-0.1, -0.05) is 18.2 Å². The minimum absolute atomic E-state index is 0.0151. The zero-order chi connectivity index (χ0) is 14.7. The van der Waals surface area contributed by atoms with Gasteiger partial charge >= 0.3 is 0 Å². The van der Waals surface area contributed by atoms with Gasteiger partial charge in [0.15, 0.2) is 0 Å². The van der Waals surface area contributed by atoms with E-state index in [1.54, 1.807) is 7.11 Å². The molecule has 1 aromatic rings. The summed E-state index contributed by atoms with van der Waals surface area (Å²) in [6.45, 7) is 2.99. The Balaban J connectivity index is 2.13. The van der Waals surface area contributed by atoms with Gasteiger partial charge in [-0.05, 0) is 38.8 Å². The van der Waals surface area contributed by atoms with E-state index in [2.05, 4.69) is 18.0 Å². The van der Waals surface area contributed by atoms with Gasteiger partial charge in [-0.3, -0.25) is 4.90 Å². The predicted molar refractivity (Wildman–Crippen MR) is 80.7 cm³/mol. The van der Waals surface area contributed by atoms with Crippen molar-refractivity contribution in [2.75, 3.05) is 20.7 Å². The summed E-state index contributed by atoms with van der Waals surface area (Å²) < 4.78 is 5.47. The SMILES string of the molecule is COc1ccccc1C(C(C)N)N(C)CC1CC(O)C1.